The molecule has 0 aromatic carbocycles. The lowest BCUT2D eigenvalue weighted by Gasteiger charge is -2.06. The minimum absolute atomic E-state index is 0.00535. The Balaban J connectivity index is 1.24. The fraction of sp³-hybridized carbons (Fsp3) is 0.333. The number of carbonyl (C=O) groups is 6. The van der Waals surface area contributed by atoms with Crippen LogP contribution in [0.1, 0.15) is 61.5 Å². The molecule has 48 heavy (non-hydrogen) atoms. The average molecular weight is 664 g/mol. The Kier molecular flexibility index (Phi) is 11.1. The summed E-state index contributed by atoms with van der Waals surface area (Å²) in [6.07, 6.45) is 8.29. The third-order valence-corrected chi connectivity index (χ3v) is 7.07. The third kappa shape index (κ3) is 8.74. The molecule has 0 fully saturated rings. The summed E-state index contributed by atoms with van der Waals surface area (Å²) in [5, 5.41) is 13.4. The average Bonchev–Trinajstić information content (AvgIpc) is 3.81. The summed E-state index contributed by atoms with van der Waals surface area (Å²) >= 11 is 0. The minimum Gasteiger partial charge on any atom is -0.469 e. The van der Waals surface area contributed by atoms with Crippen molar-refractivity contribution >= 4 is 52.7 Å². The van der Waals surface area contributed by atoms with Crippen molar-refractivity contribution in [2.45, 2.75) is 19.3 Å². The predicted molar refractivity (Wildman–Crippen MR) is 172 cm³/mol. The first-order chi connectivity index (χ1) is 22.9. The maximum atomic E-state index is 12.9. The summed E-state index contributed by atoms with van der Waals surface area (Å²) in [5.74, 6) is -2.26. The van der Waals surface area contributed by atoms with Gasteiger partial charge in [-0.25, -0.2) is 9.97 Å². The van der Waals surface area contributed by atoms with Crippen LogP contribution in [0.15, 0.2) is 43.1 Å². The first kappa shape index (κ1) is 34.7. The highest BCUT2D eigenvalue weighted by Gasteiger charge is 2.19. The summed E-state index contributed by atoms with van der Waals surface area (Å²) in [5.41, 5.74) is 1.33. The van der Waals surface area contributed by atoms with E-state index in [0.29, 0.717) is 23.5 Å². The van der Waals surface area contributed by atoms with Gasteiger partial charge in [0, 0.05) is 85.1 Å². The van der Waals surface area contributed by atoms with Crippen molar-refractivity contribution in [1.82, 2.24) is 38.9 Å². The van der Waals surface area contributed by atoms with Gasteiger partial charge in [0.15, 0.2) is 11.6 Å². The molecule has 0 radical (unpaired) electrons. The Morgan fingerprint density at radius 3 is 1.83 bits per heavy atom. The molecule has 5 N–H and O–H groups in total. The van der Waals surface area contributed by atoms with E-state index in [9.17, 15) is 28.8 Å². The zero-order valence-corrected chi connectivity index (χ0v) is 27.1. The van der Waals surface area contributed by atoms with Crippen molar-refractivity contribution < 1.29 is 33.5 Å². The smallest absolute Gasteiger partial charge is 0.305 e. The van der Waals surface area contributed by atoms with Crippen molar-refractivity contribution in [3.8, 4) is 0 Å². The van der Waals surface area contributed by atoms with Gasteiger partial charge in [-0.1, -0.05) is 0 Å². The normalized spacial score (nSPS) is 10.7. The fourth-order valence-corrected chi connectivity index (χ4v) is 4.63. The van der Waals surface area contributed by atoms with Crippen LogP contribution < -0.4 is 26.6 Å². The largest absolute Gasteiger partial charge is 0.469 e. The van der Waals surface area contributed by atoms with Gasteiger partial charge in [-0.2, -0.15) is 0 Å². The Bertz CT molecular complexity index is 1850. The number of imidazole rings is 2. The standard InChI is InChI=1S/C30H37N11O7/c1-38-12-11-31-25(38)29(46)34-18-13-21(40(3)15-18)28(45)33-10-8-23(42)36-22-17-41(4)26(37-22)30(47)35-19-14-20(39(2)16-19)27(44)32-9-6-7-24(43)48-5/h11-17H,6-10H2,1-5H3,(H,32,44)(H,33,45)(H,34,46)(H,35,47)(H,36,42). The zero-order valence-electron chi connectivity index (χ0n) is 27.1. The number of methoxy groups -OCH3 is 1. The zero-order chi connectivity index (χ0) is 35.0. The molecule has 4 rings (SSSR count). The van der Waals surface area contributed by atoms with Crippen molar-refractivity contribution in [2.75, 3.05) is 36.1 Å². The van der Waals surface area contributed by atoms with Crippen LogP contribution in [0.25, 0.3) is 0 Å². The lowest BCUT2D eigenvalue weighted by Crippen LogP contribution is -2.29. The van der Waals surface area contributed by atoms with Gasteiger partial charge in [0.25, 0.3) is 23.6 Å². The van der Waals surface area contributed by atoms with Crippen molar-refractivity contribution in [1.29, 1.82) is 0 Å². The second-order valence-electron chi connectivity index (χ2n) is 10.8. The molecular weight excluding hydrogens is 626 g/mol. The number of nitrogens with zero attached hydrogens (tertiary/aromatic N) is 6. The number of nitrogens with one attached hydrogen (secondary N) is 5. The SMILES string of the molecule is COC(=O)CCCNC(=O)c1cc(NC(=O)c2nc(NC(=O)CCNC(=O)c3cc(NC(=O)c4nccn4C)cn3C)cn2C)cn1C. The van der Waals surface area contributed by atoms with Crippen molar-refractivity contribution in [2.24, 2.45) is 28.2 Å². The number of amides is 5. The monoisotopic (exact) mass is 663 g/mol. The van der Waals surface area contributed by atoms with Crippen LogP contribution in [0.2, 0.25) is 0 Å². The molecule has 18 nitrogen and oxygen atoms in total. The number of rotatable bonds is 14. The quantitative estimate of drug-likeness (QED) is 0.0950. The predicted octanol–water partition coefficient (Wildman–Crippen LogP) is 0.777. The highest BCUT2D eigenvalue weighted by atomic mass is 16.5. The molecule has 254 valence electrons. The molecule has 0 atom stereocenters. The number of ether oxygens (including phenoxy) is 1. The van der Waals surface area contributed by atoms with E-state index in [1.165, 1.54) is 36.2 Å². The number of hydrogen-bond acceptors (Lipinski definition) is 9. The van der Waals surface area contributed by atoms with Crippen LogP contribution in [0.3, 0.4) is 0 Å². The summed E-state index contributed by atoms with van der Waals surface area (Å²) in [6.45, 7) is 0.289. The first-order valence-corrected chi connectivity index (χ1v) is 14.8. The van der Waals surface area contributed by atoms with Crippen LogP contribution in [0, 0.1) is 0 Å². The Labute approximate surface area is 274 Å². The lowest BCUT2D eigenvalue weighted by molar-refractivity contribution is -0.140. The summed E-state index contributed by atoms with van der Waals surface area (Å²) in [7, 11) is 7.88. The second-order valence-corrected chi connectivity index (χ2v) is 10.8. The third-order valence-electron chi connectivity index (χ3n) is 7.07. The number of hydrogen-bond donors (Lipinski definition) is 5. The van der Waals surface area contributed by atoms with Gasteiger partial charge in [-0.05, 0) is 18.6 Å². The van der Waals surface area contributed by atoms with Gasteiger partial charge >= 0.3 is 5.97 Å². The molecule has 0 aliphatic heterocycles. The van der Waals surface area contributed by atoms with Crippen LogP contribution >= 0.6 is 0 Å². The van der Waals surface area contributed by atoms with Gasteiger partial charge in [0.1, 0.15) is 11.4 Å². The highest BCUT2D eigenvalue weighted by Crippen LogP contribution is 2.16. The maximum Gasteiger partial charge on any atom is 0.305 e. The molecule has 4 heterocycles. The maximum absolute atomic E-state index is 12.9. The molecule has 5 amide bonds. The van der Waals surface area contributed by atoms with E-state index in [0.717, 1.165) is 0 Å². The van der Waals surface area contributed by atoms with Gasteiger partial charge in [-0.3, -0.25) is 28.8 Å². The van der Waals surface area contributed by atoms with E-state index in [2.05, 4.69) is 41.3 Å². The molecule has 18 heteroatoms. The molecule has 0 aliphatic carbocycles. The molecule has 0 unspecified atom stereocenters. The second kappa shape index (κ2) is 15.4. The molecule has 4 aromatic heterocycles. The van der Waals surface area contributed by atoms with Gasteiger partial charge in [-0.15, -0.1) is 0 Å². The topological polar surface area (TPSA) is 217 Å². The molecule has 0 saturated carbocycles. The van der Waals surface area contributed by atoms with Crippen LogP contribution in [-0.4, -0.2) is 83.9 Å². The number of aryl methyl sites for hydroxylation is 4. The molecular formula is C30H37N11O7. The number of carbonyl (C=O) groups excluding carboxylic acids is 6. The lowest BCUT2D eigenvalue weighted by atomic mass is 10.3. The molecule has 4 aromatic rings. The minimum atomic E-state index is -0.570. The van der Waals surface area contributed by atoms with E-state index in [1.54, 1.807) is 60.5 Å². The van der Waals surface area contributed by atoms with E-state index in [-0.39, 0.29) is 61.0 Å². The van der Waals surface area contributed by atoms with E-state index in [1.807, 2.05) is 0 Å². The Hall–Kier alpha value is -6.20. The van der Waals surface area contributed by atoms with E-state index >= 15 is 0 Å². The van der Waals surface area contributed by atoms with E-state index in [4.69, 9.17) is 0 Å². The van der Waals surface area contributed by atoms with Crippen molar-refractivity contribution in [3.63, 3.8) is 0 Å². The summed E-state index contributed by atoms with van der Waals surface area (Å²) in [4.78, 5) is 82.6. The van der Waals surface area contributed by atoms with Gasteiger partial charge in [0.05, 0.1) is 18.5 Å². The number of aromatic nitrogens is 6. The molecule has 0 saturated heterocycles. The molecule has 0 spiro atoms. The Morgan fingerprint density at radius 1 is 0.688 bits per heavy atom. The van der Waals surface area contributed by atoms with Gasteiger partial charge in [0.2, 0.25) is 11.7 Å². The Morgan fingerprint density at radius 2 is 1.27 bits per heavy atom. The molecule has 0 bridgehead atoms. The number of anilines is 3. The number of esters is 1. The first-order valence-electron chi connectivity index (χ1n) is 14.8. The molecule has 0 aliphatic rings. The fourth-order valence-electron chi connectivity index (χ4n) is 4.63. The summed E-state index contributed by atoms with van der Waals surface area (Å²) in [6, 6.07) is 3.01. The van der Waals surface area contributed by atoms with Crippen LogP contribution in [0.5, 0.6) is 0 Å². The van der Waals surface area contributed by atoms with Gasteiger partial charge < -0.3 is 49.6 Å². The van der Waals surface area contributed by atoms with Crippen LogP contribution in [0.4, 0.5) is 17.2 Å². The van der Waals surface area contributed by atoms with Crippen molar-refractivity contribution in [3.05, 3.63) is 66.2 Å². The van der Waals surface area contributed by atoms with Crippen LogP contribution in [-0.2, 0) is 42.5 Å². The summed E-state index contributed by atoms with van der Waals surface area (Å²) < 4.78 is 10.7. The van der Waals surface area contributed by atoms with E-state index < -0.39 is 23.6 Å². The highest BCUT2D eigenvalue weighted by molar-refractivity contribution is 6.04.